The predicted molar refractivity (Wildman–Crippen MR) is 101 cm³/mol. The van der Waals surface area contributed by atoms with E-state index in [4.69, 9.17) is 4.74 Å². The molecule has 0 aromatic carbocycles. The van der Waals surface area contributed by atoms with Gasteiger partial charge in [-0.3, -0.25) is 9.59 Å². The third-order valence-electron chi connectivity index (χ3n) is 4.66. The lowest BCUT2D eigenvalue weighted by molar-refractivity contribution is -0.134. The van der Waals surface area contributed by atoms with Gasteiger partial charge in [0.2, 0.25) is 11.8 Å². The molecule has 0 atom stereocenters. The second kappa shape index (κ2) is 12.3. The first-order chi connectivity index (χ1) is 11.9. The molecule has 0 radical (unpaired) electrons. The molecule has 0 aromatic heterocycles. The molecule has 0 bridgehead atoms. The Bertz CT molecular complexity index is 388. The number of carbonyl (C=O) groups excluding carboxylic acids is 2. The van der Waals surface area contributed by atoms with Crippen molar-refractivity contribution in [2.45, 2.75) is 78.6 Å². The highest BCUT2D eigenvalue weighted by molar-refractivity contribution is 5.80. The average Bonchev–Trinajstić information content (AvgIpc) is 2.82. The molecule has 1 fully saturated rings. The molecule has 1 aliphatic heterocycles. The maximum Gasteiger partial charge on any atom is 0.223 e. The molecule has 1 heterocycles. The first-order valence-corrected chi connectivity index (χ1v) is 10.1. The molecular formula is C20H38N2O3. The molecule has 1 saturated heterocycles. The summed E-state index contributed by atoms with van der Waals surface area (Å²) in [7, 11) is 0. The topological polar surface area (TPSA) is 58.6 Å². The number of hydrogen-bond acceptors (Lipinski definition) is 3. The summed E-state index contributed by atoms with van der Waals surface area (Å²) in [6.45, 7) is 10.0. The summed E-state index contributed by atoms with van der Waals surface area (Å²) in [4.78, 5) is 26.6. The van der Waals surface area contributed by atoms with Gasteiger partial charge in [-0.05, 0) is 31.1 Å². The molecule has 2 amide bonds. The summed E-state index contributed by atoms with van der Waals surface area (Å²) < 4.78 is 5.49. The predicted octanol–water partition coefficient (Wildman–Crippen LogP) is 3.52. The quantitative estimate of drug-likeness (QED) is 0.578. The van der Waals surface area contributed by atoms with Crippen molar-refractivity contribution in [3.63, 3.8) is 0 Å². The van der Waals surface area contributed by atoms with Gasteiger partial charge in [0, 0.05) is 45.7 Å². The summed E-state index contributed by atoms with van der Waals surface area (Å²) >= 11 is 0. The van der Waals surface area contributed by atoms with E-state index in [0.717, 1.165) is 51.8 Å². The second-order valence-corrected chi connectivity index (χ2v) is 7.98. The van der Waals surface area contributed by atoms with Gasteiger partial charge in [0.25, 0.3) is 0 Å². The summed E-state index contributed by atoms with van der Waals surface area (Å²) in [5.74, 6) is 0.228. The number of carbonyl (C=O) groups is 2. The average molecular weight is 355 g/mol. The van der Waals surface area contributed by atoms with Crippen molar-refractivity contribution in [3.8, 4) is 0 Å². The van der Waals surface area contributed by atoms with Crippen LogP contribution in [0.15, 0.2) is 0 Å². The van der Waals surface area contributed by atoms with E-state index in [-0.39, 0.29) is 17.2 Å². The van der Waals surface area contributed by atoms with Crippen LogP contribution in [-0.4, -0.2) is 49.6 Å². The standard InChI is InChI=1S/C20H38N2O3/c1-4-5-14-25-15-10-11-21-18(23)16-20(2,3)17-19(24)22-12-8-6-7-9-13-22/h4-17H2,1-3H3,(H,21,23). The van der Waals surface area contributed by atoms with E-state index in [9.17, 15) is 9.59 Å². The Kier molecular flexibility index (Phi) is 10.8. The zero-order chi connectivity index (χ0) is 18.5. The summed E-state index contributed by atoms with van der Waals surface area (Å²) in [5.41, 5.74) is -0.300. The fourth-order valence-corrected chi connectivity index (χ4v) is 3.15. The van der Waals surface area contributed by atoms with E-state index >= 15 is 0 Å². The van der Waals surface area contributed by atoms with Crippen molar-refractivity contribution in [3.05, 3.63) is 0 Å². The molecule has 146 valence electrons. The molecule has 5 heteroatoms. The molecule has 0 unspecified atom stereocenters. The Morgan fingerprint density at radius 2 is 1.64 bits per heavy atom. The summed E-state index contributed by atoms with van der Waals surface area (Å²) in [5, 5.41) is 2.95. The molecule has 1 rings (SSSR count). The zero-order valence-corrected chi connectivity index (χ0v) is 16.6. The molecule has 1 N–H and O–H groups in total. The van der Waals surface area contributed by atoms with Gasteiger partial charge in [-0.1, -0.05) is 40.0 Å². The van der Waals surface area contributed by atoms with Crippen LogP contribution >= 0.6 is 0 Å². The monoisotopic (exact) mass is 354 g/mol. The lowest BCUT2D eigenvalue weighted by Crippen LogP contribution is -2.37. The smallest absolute Gasteiger partial charge is 0.223 e. The molecule has 0 saturated carbocycles. The molecule has 1 aliphatic rings. The number of hydrogen-bond donors (Lipinski definition) is 1. The first-order valence-electron chi connectivity index (χ1n) is 10.1. The van der Waals surface area contributed by atoms with Crippen LogP contribution in [0.25, 0.3) is 0 Å². The van der Waals surface area contributed by atoms with Gasteiger partial charge in [0.15, 0.2) is 0 Å². The van der Waals surface area contributed by atoms with Crippen molar-refractivity contribution in [2.24, 2.45) is 5.41 Å². The highest BCUT2D eigenvalue weighted by Gasteiger charge is 2.28. The second-order valence-electron chi connectivity index (χ2n) is 7.98. The molecule has 0 aromatic rings. The summed E-state index contributed by atoms with van der Waals surface area (Å²) in [6.07, 6.45) is 8.55. The number of nitrogens with zero attached hydrogens (tertiary/aromatic N) is 1. The van der Waals surface area contributed by atoms with Crippen LogP contribution in [0, 0.1) is 5.41 Å². The Hall–Kier alpha value is -1.10. The van der Waals surface area contributed by atoms with Crippen molar-refractivity contribution in [1.82, 2.24) is 10.2 Å². The van der Waals surface area contributed by atoms with Gasteiger partial charge in [-0.2, -0.15) is 0 Å². The third-order valence-corrected chi connectivity index (χ3v) is 4.66. The van der Waals surface area contributed by atoms with Gasteiger partial charge >= 0.3 is 0 Å². The highest BCUT2D eigenvalue weighted by Crippen LogP contribution is 2.26. The largest absolute Gasteiger partial charge is 0.381 e. The van der Waals surface area contributed by atoms with Gasteiger partial charge in [-0.25, -0.2) is 0 Å². The number of amides is 2. The zero-order valence-electron chi connectivity index (χ0n) is 16.6. The van der Waals surface area contributed by atoms with Gasteiger partial charge < -0.3 is 15.0 Å². The van der Waals surface area contributed by atoms with Crippen molar-refractivity contribution >= 4 is 11.8 Å². The van der Waals surface area contributed by atoms with Crippen molar-refractivity contribution in [1.29, 1.82) is 0 Å². The number of rotatable bonds is 11. The highest BCUT2D eigenvalue weighted by atomic mass is 16.5. The van der Waals surface area contributed by atoms with Crippen molar-refractivity contribution < 1.29 is 14.3 Å². The maximum atomic E-state index is 12.5. The van der Waals surface area contributed by atoms with Gasteiger partial charge in [-0.15, -0.1) is 0 Å². The molecular weight excluding hydrogens is 316 g/mol. The lowest BCUT2D eigenvalue weighted by Gasteiger charge is -2.28. The summed E-state index contributed by atoms with van der Waals surface area (Å²) in [6, 6.07) is 0. The van der Waals surface area contributed by atoms with E-state index in [1.165, 1.54) is 12.8 Å². The van der Waals surface area contributed by atoms with E-state index in [1.807, 2.05) is 18.7 Å². The third kappa shape index (κ3) is 10.5. The van der Waals surface area contributed by atoms with Crippen molar-refractivity contribution in [2.75, 3.05) is 32.8 Å². The lowest BCUT2D eigenvalue weighted by atomic mass is 9.84. The van der Waals surface area contributed by atoms with Crippen LogP contribution in [0.3, 0.4) is 0 Å². The fourth-order valence-electron chi connectivity index (χ4n) is 3.15. The Morgan fingerprint density at radius 3 is 2.28 bits per heavy atom. The van der Waals surface area contributed by atoms with E-state index < -0.39 is 0 Å². The molecule has 25 heavy (non-hydrogen) atoms. The Labute approximate surface area is 153 Å². The fraction of sp³-hybridized carbons (Fsp3) is 0.900. The van der Waals surface area contributed by atoms with Crippen LogP contribution in [0.1, 0.15) is 78.6 Å². The number of nitrogens with one attached hydrogen (secondary N) is 1. The molecule has 5 nitrogen and oxygen atoms in total. The normalized spacial score (nSPS) is 15.7. The van der Waals surface area contributed by atoms with Crippen LogP contribution in [0.5, 0.6) is 0 Å². The van der Waals surface area contributed by atoms with Gasteiger partial charge in [0.05, 0.1) is 0 Å². The van der Waals surface area contributed by atoms with E-state index in [0.29, 0.717) is 26.0 Å². The Balaban J connectivity index is 2.21. The van der Waals surface area contributed by atoms with Crippen LogP contribution in [-0.2, 0) is 14.3 Å². The Morgan fingerprint density at radius 1 is 1.00 bits per heavy atom. The van der Waals surface area contributed by atoms with Gasteiger partial charge in [0.1, 0.15) is 0 Å². The first kappa shape index (κ1) is 21.9. The molecule has 0 spiro atoms. The number of likely N-dealkylation sites (tertiary alicyclic amines) is 1. The maximum absolute atomic E-state index is 12.5. The van der Waals surface area contributed by atoms with E-state index in [2.05, 4.69) is 12.2 Å². The molecule has 0 aliphatic carbocycles. The van der Waals surface area contributed by atoms with Crippen LogP contribution in [0.4, 0.5) is 0 Å². The minimum absolute atomic E-state index is 0.0298. The van der Waals surface area contributed by atoms with Crippen LogP contribution in [0.2, 0.25) is 0 Å². The van der Waals surface area contributed by atoms with Crippen LogP contribution < -0.4 is 5.32 Å². The minimum Gasteiger partial charge on any atom is -0.381 e. The number of ether oxygens (including phenoxy) is 1. The number of unbranched alkanes of at least 4 members (excludes halogenated alkanes) is 1. The SMILES string of the molecule is CCCCOCCCNC(=O)CC(C)(C)CC(=O)N1CCCCCC1. The minimum atomic E-state index is -0.300. The van der Waals surface area contributed by atoms with E-state index in [1.54, 1.807) is 0 Å².